The molecule has 2 rings (SSSR count). The number of rotatable bonds is 4. The lowest BCUT2D eigenvalue weighted by molar-refractivity contribution is -0.131. The average molecular weight is 277 g/mol. The molecule has 0 aromatic carbocycles. The number of carbonyl (C=O) groups is 2. The van der Waals surface area contributed by atoms with Crippen molar-refractivity contribution in [3.63, 3.8) is 0 Å². The van der Waals surface area contributed by atoms with Gasteiger partial charge in [-0.1, -0.05) is 11.3 Å². The molecule has 2 heterocycles. The molecule has 19 heavy (non-hydrogen) atoms. The molecule has 6 nitrogen and oxygen atoms in total. The van der Waals surface area contributed by atoms with Crippen LogP contribution in [0.15, 0.2) is 30.6 Å². The molecule has 98 valence electrons. The maximum absolute atomic E-state index is 11.9. The summed E-state index contributed by atoms with van der Waals surface area (Å²) in [5.41, 5.74) is 0.526. The summed E-state index contributed by atoms with van der Waals surface area (Å²) >= 11 is 1.20. The van der Waals surface area contributed by atoms with Gasteiger partial charge in [-0.05, 0) is 18.2 Å². The van der Waals surface area contributed by atoms with Crippen LogP contribution in [0.3, 0.4) is 0 Å². The van der Waals surface area contributed by atoms with Crippen LogP contribution < -0.4 is 5.32 Å². The third-order valence-corrected chi connectivity index (χ3v) is 3.19. The van der Waals surface area contributed by atoms with Gasteiger partial charge in [-0.25, -0.2) is 9.78 Å². The van der Waals surface area contributed by atoms with E-state index < -0.39 is 5.97 Å². The number of nitrogens with zero attached hydrogens (tertiary/aromatic N) is 2. The fourth-order valence-electron chi connectivity index (χ4n) is 1.43. The van der Waals surface area contributed by atoms with Crippen LogP contribution in [0.25, 0.3) is 6.08 Å². The highest BCUT2D eigenvalue weighted by molar-refractivity contribution is 7.16. The van der Waals surface area contributed by atoms with Crippen LogP contribution in [-0.2, 0) is 11.8 Å². The van der Waals surface area contributed by atoms with E-state index >= 15 is 0 Å². The van der Waals surface area contributed by atoms with Gasteiger partial charge in [0.2, 0.25) is 0 Å². The van der Waals surface area contributed by atoms with Crippen molar-refractivity contribution >= 4 is 34.4 Å². The van der Waals surface area contributed by atoms with Gasteiger partial charge in [0.25, 0.3) is 5.91 Å². The van der Waals surface area contributed by atoms with E-state index in [9.17, 15) is 9.59 Å². The van der Waals surface area contributed by atoms with Gasteiger partial charge in [0.05, 0.1) is 0 Å². The first-order chi connectivity index (χ1) is 9.06. The van der Waals surface area contributed by atoms with E-state index in [1.54, 1.807) is 29.9 Å². The predicted molar refractivity (Wildman–Crippen MR) is 72.2 cm³/mol. The Labute approximate surface area is 113 Å². The van der Waals surface area contributed by atoms with E-state index in [4.69, 9.17) is 5.11 Å². The molecule has 0 unspecified atom stereocenters. The van der Waals surface area contributed by atoms with Gasteiger partial charge in [-0.2, -0.15) is 0 Å². The summed E-state index contributed by atoms with van der Waals surface area (Å²) < 4.78 is 1.70. The van der Waals surface area contributed by atoms with Gasteiger partial charge < -0.3 is 9.67 Å². The van der Waals surface area contributed by atoms with Crippen LogP contribution in [0.4, 0.5) is 5.13 Å². The van der Waals surface area contributed by atoms with Crippen LogP contribution in [0.2, 0.25) is 0 Å². The number of anilines is 1. The average Bonchev–Trinajstić information content (AvgIpc) is 2.95. The zero-order chi connectivity index (χ0) is 13.8. The summed E-state index contributed by atoms with van der Waals surface area (Å²) in [6.07, 6.45) is 5.73. The number of carboxylic acids is 1. The van der Waals surface area contributed by atoms with E-state index in [1.165, 1.54) is 23.6 Å². The van der Waals surface area contributed by atoms with E-state index in [0.717, 1.165) is 6.08 Å². The van der Waals surface area contributed by atoms with E-state index in [2.05, 4.69) is 10.3 Å². The molecule has 0 atom stereocenters. The largest absolute Gasteiger partial charge is 0.478 e. The number of aliphatic carboxylic acids is 1. The predicted octanol–water partition coefficient (Wildman–Crippen LogP) is 1.83. The fourth-order valence-corrected chi connectivity index (χ4v) is 2.15. The fraction of sp³-hybridized carbons (Fsp3) is 0.0833. The minimum Gasteiger partial charge on any atom is -0.478 e. The van der Waals surface area contributed by atoms with Crippen LogP contribution in [-0.4, -0.2) is 26.5 Å². The second-order valence-corrected chi connectivity index (χ2v) is 4.76. The van der Waals surface area contributed by atoms with Gasteiger partial charge in [0.1, 0.15) is 5.69 Å². The first-order valence-corrected chi connectivity index (χ1v) is 6.17. The SMILES string of the molecule is Cn1cccc1C(=O)Nc1ncc(C=CC(=O)O)s1. The number of hydrogen-bond acceptors (Lipinski definition) is 4. The Bertz CT molecular complexity index is 642. The maximum Gasteiger partial charge on any atom is 0.328 e. The third kappa shape index (κ3) is 3.29. The van der Waals surface area contributed by atoms with Gasteiger partial charge in [-0.15, -0.1) is 0 Å². The molecular formula is C12H11N3O3S. The molecular weight excluding hydrogens is 266 g/mol. The number of aromatic nitrogens is 2. The highest BCUT2D eigenvalue weighted by Gasteiger charge is 2.10. The Morgan fingerprint density at radius 3 is 2.95 bits per heavy atom. The van der Waals surface area contributed by atoms with Crippen molar-refractivity contribution in [2.75, 3.05) is 5.32 Å². The van der Waals surface area contributed by atoms with Crippen LogP contribution in [0.5, 0.6) is 0 Å². The van der Waals surface area contributed by atoms with Crippen molar-refractivity contribution in [3.05, 3.63) is 41.2 Å². The van der Waals surface area contributed by atoms with Crippen LogP contribution in [0, 0.1) is 0 Å². The summed E-state index contributed by atoms with van der Waals surface area (Å²) in [6.45, 7) is 0. The van der Waals surface area contributed by atoms with E-state index in [-0.39, 0.29) is 5.91 Å². The highest BCUT2D eigenvalue weighted by Crippen LogP contribution is 2.20. The van der Waals surface area contributed by atoms with Gasteiger partial charge in [0.15, 0.2) is 5.13 Å². The van der Waals surface area contributed by atoms with Crippen molar-refractivity contribution in [1.82, 2.24) is 9.55 Å². The van der Waals surface area contributed by atoms with Gasteiger partial charge >= 0.3 is 5.97 Å². The minimum atomic E-state index is -1.03. The quantitative estimate of drug-likeness (QED) is 0.835. The molecule has 0 bridgehead atoms. The Morgan fingerprint density at radius 2 is 2.32 bits per heavy atom. The first kappa shape index (κ1) is 13.0. The lowest BCUT2D eigenvalue weighted by Crippen LogP contribution is -2.14. The Morgan fingerprint density at radius 1 is 1.53 bits per heavy atom. The molecule has 0 aliphatic heterocycles. The lowest BCUT2D eigenvalue weighted by Gasteiger charge is -2.02. The minimum absolute atomic E-state index is 0.254. The molecule has 0 aliphatic rings. The molecule has 0 aliphatic carbocycles. The molecule has 1 amide bonds. The Balaban J connectivity index is 2.06. The van der Waals surface area contributed by atoms with E-state index in [0.29, 0.717) is 15.7 Å². The summed E-state index contributed by atoms with van der Waals surface area (Å²) in [5.74, 6) is -1.28. The molecule has 0 spiro atoms. The number of aryl methyl sites for hydroxylation is 1. The smallest absolute Gasteiger partial charge is 0.328 e. The topological polar surface area (TPSA) is 84.2 Å². The second kappa shape index (κ2) is 5.49. The normalized spacial score (nSPS) is 10.8. The zero-order valence-corrected chi connectivity index (χ0v) is 10.8. The molecule has 7 heteroatoms. The zero-order valence-electron chi connectivity index (χ0n) is 10.0. The molecule has 0 saturated carbocycles. The number of carbonyl (C=O) groups excluding carboxylic acids is 1. The first-order valence-electron chi connectivity index (χ1n) is 5.36. The highest BCUT2D eigenvalue weighted by atomic mass is 32.1. The molecule has 2 aromatic heterocycles. The standard InChI is InChI=1S/C12H11N3O3S/c1-15-6-2-3-9(15)11(18)14-12-13-7-8(19-12)4-5-10(16)17/h2-7H,1H3,(H,16,17)(H,13,14,18). The van der Waals surface area contributed by atoms with Crippen molar-refractivity contribution in [2.45, 2.75) is 0 Å². The number of nitrogens with one attached hydrogen (secondary N) is 1. The number of carboxylic acid groups (broad SMARTS) is 1. The van der Waals surface area contributed by atoms with Gasteiger partial charge in [-0.3, -0.25) is 10.1 Å². The second-order valence-electron chi connectivity index (χ2n) is 3.70. The van der Waals surface area contributed by atoms with Gasteiger partial charge in [0, 0.05) is 30.4 Å². The van der Waals surface area contributed by atoms with Crippen LogP contribution >= 0.6 is 11.3 Å². The molecule has 2 N–H and O–H groups in total. The Kier molecular flexibility index (Phi) is 3.76. The number of amides is 1. The summed E-state index contributed by atoms with van der Waals surface area (Å²) in [5, 5.41) is 11.6. The number of hydrogen-bond donors (Lipinski definition) is 2. The van der Waals surface area contributed by atoms with Crippen molar-refractivity contribution in [1.29, 1.82) is 0 Å². The molecule has 0 radical (unpaired) electrons. The summed E-state index contributed by atoms with van der Waals surface area (Å²) in [6, 6.07) is 3.48. The lowest BCUT2D eigenvalue weighted by atomic mass is 10.4. The summed E-state index contributed by atoms with van der Waals surface area (Å²) in [4.78, 5) is 26.9. The number of thiazole rings is 1. The summed E-state index contributed by atoms with van der Waals surface area (Å²) in [7, 11) is 1.78. The molecule has 0 saturated heterocycles. The molecule has 2 aromatic rings. The van der Waals surface area contributed by atoms with Crippen molar-refractivity contribution in [3.8, 4) is 0 Å². The van der Waals surface area contributed by atoms with Crippen molar-refractivity contribution < 1.29 is 14.7 Å². The third-order valence-electron chi connectivity index (χ3n) is 2.31. The monoisotopic (exact) mass is 277 g/mol. The maximum atomic E-state index is 11.9. The Hall–Kier alpha value is -2.41. The van der Waals surface area contributed by atoms with Crippen LogP contribution in [0.1, 0.15) is 15.4 Å². The van der Waals surface area contributed by atoms with E-state index in [1.807, 2.05) is 0 Å². The van der Waals surface area contributed by atoms with Crippen molar-refractivity contribution in [2.24, 2.45) is 7.05 Å². The molecule has 0 fully saturated rings.